The van der Waals surface area contributed by atoms with Crippen molar-refractivity contribution in [2.75, 3.05) is 10.0 Å². The summed E-state index contributed by atoms with van der Waals surface area (Å²) < 4.78 is 46.2. The minimum Gasteiger partial charge on any atom is -0.481 e. The zero-order chi connectivity index (χ0) is 23.5. The highest BCUT2D eigenvalue weighted by Crippen LogP contribution is 2.25. The highest BCUT2D eigenvalue weighted by atomic mass is 32.2. The predicted molar refractivity (Wildman–Crippen MR) is 123 cm³/mol. The summed E-state index contributed by atoms with van der Waals surface area (Å²) >= 11 is 0. The fourth-order valence-electron chi connectivity index (χ4n) is 3.06. The molecule has 32 heavy (non-hydrogen) atoms. The lowest BCUT2D eigenvalue weighted by atomic mass is 10.1. The summed E-state index contributed by atoms with van der Waals surface area (Å²) in [7, 11) is -3.85. The zero-order valence-electron chi connectivity index (χ0n) is 18.3. The standard InChI is InChI=1S/C24H25FN2O4S/c1-15-13-16(2)17(3)23(14-15)31-18(4)24(28)26-20-9-11-22(12-10-20)32(29,30)27-21-7-5-19(25)6-8-21/h5-14,18,27H,1-4H3,(H,26,28)/t18-/m1/s1. The summed E-state index contributed by atoms with van der Waals surface area (Å²) in [4.78, 5) is 12.6. The molecule has 8 heteroatoms. The molecule has 0 saturated heterocycles. The topological polar surface area (TPSA) is 84.5 Å². The maximum absolute atomic E-state index is 13.0. The molecule has 3 aromatic carbocycles. The summed E-state index contributed by atoms with van der Waals surface area (Å²) in [6, 6.07) is 14.7. The van der Waals surface area contributed by atoms with Crippen LogP contribution in [-0.2, 0) is 14.8 Å². The summed E-state index contributed by atoms with van der Waals surface area (Å²) in [5.41, 5.74) is 3.78. The fraction of sp³-hybridized carbons (Fsp3) is 0.208. The van der Waals surface area contributed by atoms with Crippen LogP contribution in [0, 0.1) is 26.6 Å². The van der Waals surface area contributed by atoms with Crippen LogP contribution in [0.3, 0.4) is 0 Å². The third-order valence-electron chi connectivity index (χ3n) is 4.97. The lowest BCUT2D eigenvalue weighted by Crippen LogP contribution is -2.30. The average Bonchev–Trinajstić information content (AvgIpc) is 2.73. The van der Waals surface area contributed by atoms with E-state index in [1.807, 2.05) is 32.9 Å². The Morgan fingerprint density at radius 3 is 2.16 bits per heavy atom. The SMILES string of the molecule is Cc1cc(C)c(C)c(O[C@H](C)C(=O)Nc2ccc(S(=O)(=O)Nc3ccc(F)cc3)cc2)c1. The number of carbonyl (C=O) groups excluding carboxylic acids is 1. The van der Waals surface area contributed by atoms with Gasteiger partial charge in [-0.05, 0) is 99.0 Å². The fourth-order valence-corrected chi connectivity index (χ4v) is 4.12. The van der Waals surface area contributed by atoms with E-state index in [0.29, 0.717) is 11.4 Å². The number of ether oxygens (including phenoxy) is 1. The summed E-state index contributed by atoms with van der Waals surface area (Å²) in [6.45, 7) is 7.54. The molecule has 0 unspecified atom stereocenters. The number of sulfonamides is 1. The van der Waals surface area contributed by atoms with Gasteiger partial charge in [-0.25, -0.2) is 12.8 Å². The minimum atomic E-state index is -3.85. The number of rotatable bonds is 7. The summed E-state index contributed by atoms with van der Waals surface area (Å²) in [6.07, 6.45) is -0.751. The van der Waals surface area contributed by atoms with E-state index in [9.17, 15) is 17.6 Å². The van der Waals surface area contributed by atoms with Gasteiger partial charge in [-0.3, -0.25) is 9.52 Å². The molecule has 0 heterocycles. The highest BCUT2D eigenvalue weighted by Gasteiger charge is 2.18. The van der Waals surface area contributed by atoms with Crippen LogP contribution in [0.5, 0.6) is 5.75 Å². The molecule has 2 N–H and O–H groups in total. The molecule has 6 nitrogen and oxygen atoms in total. The second kappa shape index (κ2) is 9.40. The van der Waals surface area contributed by atoms with E-state index in [1.165, 1.54) is 48.5 Å². The predicted octanol–water partition coefficient (Wildman–Crippen LogP) is 4.96. The summed E-state index contributed by atoms with van der Waals surface area (Å²) in [5, 5.41) is 2.72. The molecule has 0 bridgehead atoms. The number of amides is 1. The van der Waals surface area contributed by atoms with Gasteiger partial charge in [0, 0.05) is 11.4 Å². The number of aryl methyl sites for hydroxylation is 2. The van der Waals surface area contributed by atoms with Gasteiger partial charge >= 0.3 is 0 Å². The van der Waals surface area contributed by atoms with Crippen LogP contribution in [-0.4, -0.2) is 20.4 Å². The lowest BCUT2D eigenvalue weighted by molar-refractivity contribution is -0.122. The first kappa shape index (κ1) is 23.3. The van der Waals surface area contributed by atoms with E-state index in [4.69, 9.17) is 4.74 Å². The molecule has 3 aromatic rings. The van der Waals surface area contributed by atoms with Gasteiger partial charge in [0.2, 0.25) is 0 Å². The summed E-state index contributed by atoms with van der Waals surface area (Å²) in [5.74, 6) is -0.166. The van der Waals surface area contributed by atoms with Crippen molar-refractivity contribution in [1.82, 2.24) is 0 Å². The van der Waals surface area contributed by atoms with Gasteiger partial charge in [0.1, 0.15) is 11.6 Å². The molecule has 1 atom stereocenters. The first-order valence-corrected chi connectivity index (χ1v) is 11.5. The molecule has 0 aliphatic heterocycles. The lowest BCUT2D eigenvalue weighted by Gasteiger charge is -2.18. The number of hydrogen-bond donors (Lipinski definition) is 2. The molecule has 0 spiro atoms. The average molecular weight is 457 g/mol. The zero-order valence-corrected chi connectivity index (χ0v) is 19.1. The van der Waals surface area contributed by atoms with Crippen molar-refractivity contribution in [3.63, 3.8) is 0 Å². The quantitative estimate of drug-likeness (QED) is 0.526. The molecule has 0 aliphatic carbocycles. The van der Waals surface area contributed by atoms with Crippen molar-refractivity contribution < 1.29 is 22.3 Å². The van der Waals surface area contributed by atoms with E-state index in [0.717, 1.165) is 16.7 Å². The Morgan fingerprint density at radius 1 is 0.938 bits per heavy atom. The van der Waals surface area contributed by atoms with Gasteiger partial charge < -0.3 is 10.1 Å². The van der Waals surface area contributed by atoms with Crippen LogP contribution in [0.25, 0.3) is 0 Å². The number of benzene rings is 3. The van der Waals surface area contributed by atoms with Crippen LogP contribution < -0.4 is 14.8 Å². The second-order valence-corrected chi connectivity index (χ2v) is 9.27. The van der Waals surface area contributed by atoms with Crippen LogP contribution in [0.4, 0.5) is 15.8 Å². The number of anilines is 2. The van der Waals surface area contributed by atoms with E-state index in [-0.39, 0.29) is 16.5 Å². The number of halogens is 1. The Morgan fingerprint density at radius 2 is 1.53 bits per heavy atom. The van der Waals surface area contributed by atoms with Crippen LogP contribution in [0.1, 0.15) is 23.6 Å². The molecule has 168 valence electrons. The van der Waals surface area contributed by atoms with Gasteiger partial charge in [0.15, 0.2) is 6.10 Å². The van der Waals surface area contributed by atoms with Crippen molar-refractivity contribution in [2.45, 2.75) is 38.7 Å². The Bertz CT molecular complexity index is 1220. The first-order chi connectivity index (χ1) is 15.0. The smallest absolute Gasteiger partial charge is 0.265 e. The van der Waals surface area contributed by atoms with E-state index in [1.54, 1.807) is 6.92 Å². The molecule has 0 radical (unpaired) electrons. The second-order valence-electron chi connectivity index (χ2n) is 7.59. The van der Waals surface area contributed by atoms with Crippen molar-refractivity contribution in [3.8, 4) is 5.75 Å². The van der Waals surface area contributed by atoms with Crippen molar-refractivity contribution in [2.24, 2.45) is 0 Å². The van der Waals surface area contributed by atoms with Crippen molar-refractivity contribution in [3.05, 3.63) is 83.2 Å². The molecule has 0 aliphatic rings. The molecule has 1 amide bonds. The van der Waals surface area contributed by atoms with Gasteiger partial charge in [-0.2, -0.15) is 0 Å². The third kappa shape index (κ3) is 5.64. The highest BCUT2D eigenvalue weighted by molar-refractivity contribution is 7.92. The van der Waals surface area contributed by atoms with Crippen LogP contribution in [0.15, 0.2) is 65.6 Å². The molecule has 3 rings (SSSR count). The van der Waals surface area contributed by atoms with Gasteiger partial charge in [-0.15, -0.1) is 0 Å². The van der Waals surface area contributed by atoms with E-state index < -0.39 is 21.9 Å². The maximum Gasteiger partial charge on any atom is 0.265 e. The molecule has 0 saturated carbocycles. The molecular weight excluding hydrogens is 431 g/mol. The van der Waals surface area contributed by atoms with Crippen LogP contribution in [0.2, 0.25) is 0 Å². The Kier molecular flexibility index (Phi) is 6.84. The third-order valence-corrected chi connectivity index (χ3v) is 6.36. The van der Waals surface area contributed by atoms with Crippen molar-refractivity contribution in [1.29, 1.82) is 0 Å². The van der Waals surface area contributed by atoms with E-state index in [2.05, 4.69) is 10.0 Å². The number of nitrogens with one attached hydrogen (secondary N) is 2. The van der Waals surface area contributed by atoms with Gasteiger partial charge in [0.05, 0.1) is 4.90 Å². The number of hydrogen-bond acceptors (Lipinski definition) is 4. The minimum absolute atomic E-state index is 0.00924. The number of carbonyl (C=O) groups is 1. The van der Waals surface area contributed by atoms with E-state index >= 15 is 0 Å². The van der Waals surface area contributed by atoms with Gasteiger partial charge in [-0.1, -0.05) is 6.07 Å². The Hall–Kier alpha value is -3.39. The van der Waals surface area contributed by atoms with Crippen LogP contribution >= 0.6 is 0 Å². The first-order valence-electron chi connectivity index (χ1n) is 9.99. The molecule has 0 aromatic heterocycles. The normalized spacial score (nSPS) is 12.2. The molecule has 0 fully saturated rings. The van der Waals surface area contributed by atoms with Crippen molar-refractivity contribution >= 4 is 27.3 Å². The Balaban J connectivity index is 1.66. The molecular formula is C24H25FN2O4S. The van der Waals surface area contributed by atoms with Gasteiger partial charge in [0.25, 0.3) is 15.9 Å². The largest absolute Gasteiger partial charge is 0.481 e. The Labute approximate surface area is 187 Å². The maximum atomic E-state index is 13.0. The monoisotopic (exact) mass is 456 g/mol.